The number of carbonyl (C=O) groups excluding carboxylic acids is 1. The molecule has 0 saturated carbocycles. The fraction of sp³-hybridized carbons (Fsp3) is 0.696. The number of rotatable bonds is 10. The van der Waals surface area contributed by atoms with Gasteiger partial charge in [0, 0.05) is 31.6 Å². The standard InChI is InChI=1S/C23H38N2O5/c1-8-24(9-2)10-11-25-15-16(3)19(12-17(25)4)30-23(26)18-13-20(27-5)22(29-7)21(14-18)28-6/h13-14,16-17,19H,8-12,15H2,1-7H3. The maximum atomic E-state index is 12.9. The van der Waals surface area contributed by atoms with Gasteiger partial charge in [0.25, 0.3) is 0 Å². The molecule has 1 heterocycles. The van der Waals surface area contributed by atoms with Crippen LogP contribution in [0.4, 0.5) is 0 Å². The monoisotopic (exact) mass is 422 g/mol. The van der Waals surface area contributed by atoms with E-state index in [9.17, 15) is 4.79 Å². The lowest BCUT2D eigenvalue weighted by Crippen LogP contribution is -2.50. The maximum absolute atomic E-state index is 12.9. The Morgan fingerprint density at radius 1 is 1.07 bits per heavy atom. The van der Waals surface area contributed by atoms with Crippen LogP contribution in [-0.2, 0) is 4.74 Å². The number of piperidine rings is 1. The van der Waals surface area contributed by atoms with Crippen molar-refractivity contribution in [2.24, 2.45) is 5.92 Å². The molecule has 2 rings (SSSR count). The van der Waals surface area contributed by atoms with E-state index in [-0.39, 0.29) is 18.0 Å². The molecule has 0 radical (unpaired) electrons. The van der Waals surface area contributed by atoms with Crippen molar-refractivity contribution < 1.29 is 23.7 Å². The molecule has 170 valence electrons. The predicted octanol–water partition coefficient (Wildman–Crippen LogP) is 3.31. The molecule has 30 heavy (non-hydrogen) atoms. The van der Waals surface area contributed by atoms with Gasteiger partial charge >= 0.3 is 5.97 Å². The van der Waals surface area contributed by atoms with Crippen molar-refractivity contribution in [1.82, 2.24) is 9.80 Å². The first-order chi connectivity index (χ1) is 14.4. The number of ether oxygens (including phenoxy) is 4. The number of benzene rings is 1. The Morgan fingerprint density at radius 3 is 2.17 bits per heavy atom. The summed E-state index contributed by atoms with van der Waals surface area (Å²) >= 11 is 0. The minimum atomic E-state index is -0.366. The molecule has 0 aliphatic carbocycles. The van der Waals surface area contributed by atoms with E-state index in [1.165, 1.54) is 21.3 Å². The first-order valence-electron chi connectivity index (χ1n) is 10.9. The molecule has 0 amide bonds. The predicted molar refractivity (Wildman–Crippen MR) is 118 cm³/mol. The Labute approximate surface area is 181 Å². The smallest absolute Gasteiger partial charge is 0.338 e. The third-order valence-electron chi connectivity index (χ3n) is 6.11. The van der Waals surface area contributed by atoms with Crippen molar-refractivity contribution in [3.8, 4) is 17.2 Å². The third kappa shape index (κ3) is 5.79. The average Bonchev–Trinajstić information content (AvgIpc) is 2.76. The highest BCUT2D eigenvalue weighted by atomic mass is 16.5. The number of hydrogen-bond acceptors (Lipinski definition) is 7. The minimum Gasteiger partial charge on any atom is -0.493 e. The summed E-state index contributed by atoms with van der Waals surface area (Å²) in [5, 5.41) is 0. The van der Waals surface area contributed by atoms with Gasteiger partial charge in [0.15, 0.2) is 11.5 Å². The minimum absolute atomic E-state index is 0.115. The van der Waals surface area contributed by atoms with Crippen LogP contribution in [0.5, 0.6) is 17.2 Å². The summed E-state index contributed by atoms with van der Waals surface area (Å²) < 4.78 is 22.0. The molecule has 0 spiro atoms. The molecule has 1 aliphatic heterocycles. The number of methoxy groups -OCH3 is 3. The third-order valence-corrected chi connectivity index (χ3v) is 6.11. The molecule has 1 aromatic rings. The van der Waals surface area contributed by atoms with E-state index in [0.717, 1.165) is 39.1 Å². The number of likely N-dealkylation sites (tertiary alicyclic amines) is 1. The van der Waals surface area contributed by atoms with Gasteiger partial charge in [-0.3, -0.25) is 4.90 Å². The van der Waals surface area contributed by atoms with Gasteiger partial charge in [0.05, 0.1) is 26.9 Å². The van der Waals surface area contributed by atoms with Crippen LogP contribution < -0.4 is 14.2 Å². The molecule has 7 nitrogen and oxygen atoms in total. The zero-order valence-electron chi connectivity index (χ0n) is 19.6. The summed E-state index contributed by atoms with van der Waals surface area (Å²) in [5.74, 6) is 1.24. The SMILES string of the molecule is CCN(CC)CCN1CC(C)C(OC(=O)c2cc(OC)c(OC)c(OC)c2)CC1C. The summed E-state index contributed by atoms with van der Waals surface area (Å²) in [6.07, 6.45) is 0.714. The first kappa shape index (κ1) is 24.3. The van der Waals surface area contributed by atoms with Crippen LogP contribution in [-0.4, -0.2) is 82.0 Å². The molecule has 0 aromatic heterocycles. The molecular weight excluding hydrogens is 384 g/mol. The summed E-state index contributed by atoms with van der Waals surface area (Å²) in [5.41, 5.74) is 0.397. The van der Waals surface area contributed by atoms with Crippen molar-refractivity contribution in [1.29, 1.82) is 0 Å². The van der Waals surface area contributed by atoms with Crippen LogP contribution in [0.25, 0.3) is 0 Å². The van der Waals surface area contributed by atoms with E-state index in [1.807, 2.05) is 0 Å². The lowest BCUT2D eigenvalue weighted by atomic mass is 9.91. The summed E-state index contributed by atoms with van der Waals surface area (Å²) in [6, 6.07) is 3.64. The van der Waals surface area contributed by atoms with Gasteiger partial charge in [-0.2, -0.15) is 0 Å². The van der Waals surface area contributed by atoms with E-state index in [1.54, 1.807) is 12.1 Å². The van der Waals surface area contributed by atoms with Crippen LogP contribution in [0, 0.1) is 5.92 Å². The molecule has 1 saturated heterocycles. The van der Waals surface area contributed by atoms with E-state index in [2.05, 4.69) is 37.5 Å². The molecule has 3 unspecified atom stereocenters. The molecule has 7 heteroatoms. The number of hydrogen-bond donors (Lipinski definition) is 0. The molecule has 1 aliphatic rings. The first-order valence-corrected chi connectivity index (χ1v) is 10.9. The highest BCUT2D eigenvalue weighted by molar-refractivity contribution is 5.91. The largest absolute Gasteiger partial charge is 0.493 e. The second kappa shape index (κ2) is 11.4. The quantitative estimate of drug-likeness (QED) is 0.536. The zero-order chi connectivity index (χ0) is 22.3. The molecule has 1 fully saturated rings. The summed E-state index contributed by atoms with van der Waals surface area (Å²) in [7, 11) is 4.60. The van der Waals surface area contributed by atoms with Crippen LogP contribution in [0.15, 0.2) is 12.1 Å². The lowest BCUT2D eigenvalue weighted by Gasteiger charge is -2.41. The number of nitrogens with zero attached hydrogens (tertiary/aromatic N) is 2. The van der Waals surface area contributed by atoms with Crippen LogP contribution in [0.1, 0.15) is 44.5 Å². The number of carbonyl (C=O) groups is 1. The molecule has 0 N–H and O–H groups in total. The van der Waals surface area contributed by atoms with Gasteiger partial charge in [0.1, 0.15) is 6.10 Å². The van der Waals surface area contributed by atoms with Gasteiger partial charge in [0.2, 0.25) is 5.75 Å². The molecule has 1 aromatic carbocycles. The van der Waals surface area contributed by atoms with Crippen LogP contribution >= 0.6 is 0 Å². The van der Waals surface area contributed by atoms with Crippen LogP contribution in [0.3, 0.4) is 0 Å². The fourth-order valence-electron chi connectivity index (χ4n) is 4.08. The van der Waals surface area contributed by atoms with Crippen molar-refractivity contribution in [3.05, 3.63) is 17.7 Å². The molecule has 0 bridgehead atoms. The summed E-state index contributed by atoms with van der Waals surface area (Å²) in [6.45, 7) is 14.0. The van der Waals surface area contributed by atoms with Crippen molar-refractivity contribution >= 4 is 5.97 Å². The topological polar surface area (TPSA) is 60.5 Å². The van der Waals surface area contributed by atoms with E-state index < -0.39 is 0 Å². The van der Waals surface area contributed by atoms with Crippen molar-refractivity contribution in [2.75, 3.05) is 54.1 Å². The second-order valence-electron chi connectivity index (χ2n) is 7.94. The molecule has 3 atom stereocenters. The van der Waals surface area contributed by atoms with E-state index in [4.69, 9.17) is 18.9 Å². The van der Waals surface area contributed by atoms with Crippen molar-refractivity contribution in [2.45, 2.75) is 46.3 Å². The van der Waals surface area contributed by atoms with E-state index in [0.29, 0.717) is 28.9 Å². The Bertz CT molecular complexity index is 667. The van der Waals surface area contributed by atoms with E-state index >= 15 is 0 Å². The van der Waals surface area contributed by atoms with Crippen LogP contribution in [0.2, 0.25) is 0 Å². The zero-order valence-corrected chi connectivity index (χ0v) is 19.6. The highest BCUT2D eigenvalue weighted by Gasteiger charge is 2.34. The van der Waals surface area contributed by atoms with Crippen molar-refractivity contribution in [3.63, 3.8) is 0 Å². The maximum Gasteiger partial charge on any atom is 0.338 e. The Morgan fingerprint density at radius 2 is 1.67 bits per heavy atom. The fourth-order valence-corrected chi connectivity index (χ4v) is 4.08. The number of likely N-dealkylation sites (N-methyl/N-ethyl adjacent to an activating group) is 1. The molecular formula is C23H38N2O5. The Hall–Kier alpha value is -1.99. The summed E-state index contributed by atoms with van der Waals surface area (Å²) in [4.78, 5) is 17.8. The number of esters is 1. The van der Waals surface area contributed by atoms with Gasteiger partial charge < -0.3 is 23.8 Å². The van der Waals surface area contributed by atoms with Gasteiger partial charge in [-0.15, -0.1) is 0 Å². The Balaban J connectivity index is 2.04. The second-order valence-corrected chi connectivity index (χ2v) is 7.94. The van der Waals surface area contributed by atoms with Gasteiger partial charge in [-0.25, -0.2) is 4.79 Å². The highest BCUT2D eigenvalue weighted by Crippen LogP contribution is 2.38. The normalized spacial score (nSPS) is 22.1. The lowest BCUT2D eigenvalue weighted by molar-refractivity contribution is -0.0270. The Kier molecular flexibility index (Phi) is 9.24. The van der Waals surface area contributed by atoms with Gasteiger partial charge in [-0.05, 0) is 38.6 Å². The average molecular weight is 423 g/mol. The van der Waals surface area contributed by atoms with Gasteiger partial charge in [-0.1, -0.05) is 20.8 Å².